The highest BCUT2D eigenvalue weighted by Gasteiger charge is 2.27. The predicted molar refractivity (Wildman–Crippen MR) is 77.4 cm³/mol. The first-order valence-electron chi connectivity index (χ1n) is 6.77. The first-order chi connectivity index (χ1) is 8.72. The second kappa shape index (κ2) is 6.37. The maximum Gasteiger partial charge on any atom is 0.223 e. The summed E-state index contributed by atoms with van der Waals surface area (Å²) in [5, 5.41) is 0. The second-order valence-electron chi connectivity index (χ2n) is 4.90. The minimum atomic E-state index is 0.273. The van der Waals surface area contributed by atoms with Crippen LogP contribution in [0.2, 0.25) is 0 Å². The van der Waals surface area contributed by atoms with Crippen LogP contribution in [0.15, 0.2) is 28.7 Å². The number of hydrogen-bond donors (Lipinski definition) is 0. The Balaban J connectivity index is 2.20. The van der Waals surface area contributed by atoms with Crippen molar-refractivity contribution in [3.05, 3.63) is 34.3 Å². The highest BCUT2D eigenvalue weighted by atomic mass is 79.9. The first-order valence-corrected chi connectivity index (χ1v) is 7.56. The van der Waals surface area contributed by atoms with Crippen molar-refractivity contribution in [3.63, 3.8) is 0 Å². The fraction of sp³-hybridized carbons (Fsp3) is 0.533. The van der Waals surface area contributed by atoms with E-state index in [9.17, 15) is 4.79 Å². The molecule has 0 aliphatic carbocycles. The summed E-state index contributed by atoms with van der Waals surface area (Å²) in [6, 6.07) is 8.63. The highest BCUT2D eigenvalue weighted by Crippen LogP contribution is 2.32. The molecule has 1 aliphatic rings. The molecule has 1 fully saturated rings. The maximum atomic E-state index is 12.2. The summed E-state index contributed by atoms with van der Waals surface area (Å²) < 4.78 is 1.09. The van der Waals surface area contributed by atoms with Gasteiger partial charge >= 0.3 is 0 Å². The third kappa shape index (κ3) is 3.14. The number of piperidine rings is 1. The molecule has 18 heavy (non-hydrogen) atoms. The van der Waals surface area contributed by atoms with Crippen LogP contribution in [-0.2, 0) is 4.79 Å². The van der Waals surface area contributed by atoms with E-state index in [1.807, 2.05) is 6.07 Å². The molecule has 0 aromatic heterocycles. The number of amides is 1. The number of benzene rings is 1. The third-order valence-electron chi connectivity index (χ3n) is 3.52. The van der Waals surface area contributed by atoms with Crippen molar-refractivity contribution < 1.29 is 4.79 Å². The molecule has 0 bridgehead atoms. The molecule has 3 heteroatoms. The summed E-state index contributed by atoms with van der Waals surface area (Å²) in [7, 11) is 0. The zero-order valence-corrected chi connectivity index (χ0v) is 12.4. The molecular formula is C15H20BrNO. The lowest BCUT2D eigenvalue weighted by Crippen LogP contribution is -2.38. The molecule has 2 nitrogen and oxygen atoms in total. The molecule has 1 saturated heterocycles. The van der Waals surface area contributed by atoms with Gasteiger partial charge in [-0.3, -0.25) is 4.79 Å². The van der Waals surface area contributed by atoms with Crippen molar-refractivity contribution in [2.45, 2.75) is 45.1 Å². The van der Waals surface area contributed by atoms with Gasteiger partial charge in [-0.15, -0.1) is 0 Å². The Morgan fingerprint density at radius 2 is 2.28 bits per heavy atom. The summed E-state index contributed by atoms with van der Waals surface area (Å²) in [6.45, 7) is 2.98. The number of likely N-dealkylation sites (tertiary alicyclic amines) is 1. The minimum absolute atomic E-state index is 0.273. The number of carbonyl (C=O) groups excluding carboxylic acids is 1. The lowest BCUT2D eigenvalue weighted by atomic mass is 9.95. The number of carbonyl (C=O) groups is 1. The van der Waals surface area contributed by atoms with Gasteiger partial charge in [0, 0.05) is 17.4 Å². The predicted octanol–water partition coefficient (Wildman–Crippen LogP) is 4.30. The number of nitrogens with zero attached hydrogens (tertiary/aromatic N) is 1. The summed E-state index contributed by atoms with van der Waals surface area (Å²) in [5.74, 6) is 0.308. The molecule has 0 spiro atoms. The van der Waals surface area contributed by atoms with E-state index < -0.39 is 0 Å². The Bertz CT molecular complexity index is 419. The summed E-state index contributed by atoms with van der Waals surface area (Å²) >= 11 is 3.51. The fourth-order valence-corrected chi connectivity index (χ4v) is 3.06. The lowest BCUT2D eigenvalue weighted by molar-refractivity contribution is -0.135. The monoisotopic (exact) mass is 309 g/mol. The molecule has 0 radical (unpaired) electrons. The molecule has 1 aliphatic heterocycles. The molecule has 1 aromatic rings. The maximum absolute atomic E-state index is 12.2. The van der Waals surface area contributed by atoms with E-state index in [-0.39, 0.29) is 6.04 Å². The van der Waals surface area contributed by atoms with Gasteiger partial charge in [-0.25, -0.2) is 0 Å². The third-order valence-corrected chi connectivity index (χ3v) is 4.01. The standard InChI is InChI=1S/C15H20BrNO/c1-2-6-15(18)17-10-4-3-9-14(17)12-7-5-8-13(16)11-12/h5,7-8,11,14H,2-4,6,9-10H2,1H3. The second-order valence-corrected chi connectivity index (χ2v) is 5.82. The Morgan fingerprint density at radius 3 is 3.00 bits per heavy atom. The number of halogens is 1. The normalized spacial score (nSPS) is 19.9. The van der Waals surface area contributed by atoms with Crippen LogP contribution in [0.3, 0.4) is 0 Å². The molecule has 0 N–H and O–H groups in total. The van der Waals surface area contributed by atoms with Crippen molar-refractivity contribution in [1.82, 2.24) is 4.90 Å². The van der Waals surface area contributed by atoms with E-state index in [4.69, 9.17) is 0 Å². The number of rotatable bonds is 3. The van der Waals surface area contributed by atoms with Gasteiger partial charge in [0.1, 0.15) is 0 Å². The summed E-state index contributed by atoms with van der Waals surface area (Å²) in [5.41, 5.74) is 1.26. The van der Waals surface area contributed by atoms with E-state index in [1.165, 1.54) is 12.0 Å². The van der Waals surface area contributed by atoms with Crippen LogP contribution in [0.25, 0.3) is 0 Å². The van der Waals surface area contributed by atoms with E-state index >= 15 is 0 Å². The van der Waals surface area contributed by atoms with Gasteiger partial charge in [0.15, 0.2) is 0 Å². The van der Waals surface area contributed by atoms with Crippen LogP contribution >= 0.6 is 15.9 Å². The highest BCUT2D eigenvalue weighted by molar-refractivity contribution is 9.10. The van der Waals surface area contributed by atoms with Crippen LogP contribution in [0.1, 0.15) is 50.6 Å². The van der Waals surface area contributed by atoms with E-state index in [0.29, 0.717) is 12.3 Å². The minimum Gasteiger partial charge on any atom is -0.336 e. The Labute approximate surface area is 117 Å². The van der Waals surface area contributed by atoms with Crippen LogP contribution < -0.4 is 0 Å². The SMILES string of the molecule is CCCC(=O)N1CCCCC1c1cccc(Br)c1. The van der Waals surface area contributed by atoms with Gasteiger partial charge in [0.2, 0.25) is 5.91 Å². The quantitative estimate of drug-likeness (QED) is 0.815. The zero-order chi connectivity index (χ0) is 13.0. The molecule has 98 valence electrons. The van der Waals surface area contributed by atoms with Crippen LogP contribution in [0, 0.1) is 0 Å². The van der Waals surface area contributed by atoms with Crippen LogP contribution in [-0.4, -0.2) is 17.4 Å². The van der Waals surface area contributed by atoms with E-state index in [0.717, 1.165) is 30.3 Å². The van der Waals surface area contributed by atoms with Gasteiger partial charge < -0.3 is 4.90 Å². The van der Waals surface area contributed by atoms with Crippen molar-refractivity contribution >= 4 is 21.8 Å². The van der Waals surface area contributed by atoms with E-state index in [2.05, 4.69) is 46.0 Å². The van der Waals surface area contributed by atoms with E-state index in [1.54, 1.807) is 0 Å². The van der Waals surface area contributed by atoms with Gasteiger partial charge in [0.25, 0.3) is 0 Å². The average Bonchev–Trinajstić information content (AvgIpc) is 2.39. The lowest BCUT2D eigenvalue weighted by Gasteiger charge is -2.36. The molecule has 1 unspecified atom stereocenters. The first kappa shape index (κ1) is 13.6. The fourth-order valence-electron chi connectivity index (χ4n) is 2.65. The Hall–Kier alpha value is -0.830. The van der Waals surface area contributed by atoms with Crippen molar-refractivity contribution in [2.24, 2.45) is 0 Å². The number of hydrogen-bond acceptors (Lipinski definition) is 1. The molecule has 0 saturated carbocycles. The summed E-state index contributed by atoms with van der Waals surface area (Å²) in [4.78, 5) is 14.3. The largest absolute Gasteiger partial charge is 0.336 e. The molecule has 1 aromatic carbocycles. The Kier molecular flexibility index (Phi) is 4.81. The van der Waals surface area contributed by atoms with Crippen molar-refractivity contribution in [1.29, 1.82) is 0 Å². The van der Waals surface area contributed by atoms with Gasteiger partial charge in [-0.05, 0) is 43.4 Å². The average molecular weight is 310 g/mol. The molecular weight excluding hydrogens is 290 g/mol. The van der Waals surface area contributed by atoms with Crippen molar-refractivity contribution in [3.8, 4) is 0 Å². The zero-order valence-electron chi connectivity index (χ0n) is 10.9. The molecule has 1 amide bonds. The van der Waals surface area contributed by atoms with Gasteiger partial charge in [-0.1, -0.05) is 35.0 Å². The molecule has 1 heterocycles. The van der Waals surface area contributed by atoms with Crippen LogP contribution in [0.5, 0.6) is 0 Å². The molecule has 2 rings (SSSR count). The Morgan fingerprint density at radius 1 is 1.44 bits per heavy atom. The van der Waals surface area contributed by atoms with Gasteiger partial charge in [0.05, 0.1) is 6.04 Å². The summed E-state index contributed by atoms with van der Waals surface area (Å²) in [6.07, 6.45) is 5.05. The molecule has 1 atom stereocenters. The van der Waals surface area contributed by atoms with Crippen molar-refractivity contribution in [2.75, 3.05) is 6.54 Å². The smallest absolute Gasteiger partial charge is 0.223 e. The van der Waals surface area contributed by atoms with Gasteiger partial charge in [-0.2, -0.15) is 0 Å². The topological polar surface area (TPSA) is 20.3 Å². The van der Waals surface area contributed by atoms with Crippen LogP contribution in [0.4, 0.5) is 0 Å².